The molecule has 1 aromatic heterocycles. The van der Waals surface area contributed by atoms with E-state index in [1.807, 2.05) is 42.1 Å². The van der Waals surface area contributed by atoms with E-state index in [1.165, 1.54) is 16.0 Å². The van der Waals surface area contributed by atoms with Crippen molar-refractivity contribution < 1.29 is 0 Å². The predicted molar refractivity (Wildman–Crippen MR) is 127 cm³/mol. The van der Waals surface area contributed by atoms with E-state index in [4.69, 9.17) is 0 Å². The van der Waals surface area contributed by atoms with Crippen LogP contribution >= 0.6 is 11.8 Å². The molecular weight excluding hydrogens is 402 g/mol. The molecule has 0 spiro atoms. The molecule has 1 unspecified atom stereocenters. The SMILES string of the molecule is CC([C@@H]1CC[C@H](Sc2ccc(-c3ccccc3)cc2)C1)n1nnc2ccccc2c1=O. The number of hydrogen-bond acceptors (Lipinski definition) is 4. The fraction of sp³-hybridized carbons (Fsp3) is 0.269. The van der Waals surface area contributed by atoms with Crippen molar-refractivity contribution in [2.75, 3.05) is 0 Å². The lowest BCUT2D eigenvalue weighted by molar-refractivity contribution is 0.316. The molecular formula is C26H25N3OS. The lowest BCUT2D eigenvalue weighted by Gasteiger charge is -2.20. The van der Waals surface area contributed by atoms with Crippen LogP contribution in [0.4, 0.5) is 0 Å². The quantitative estimate of drug-likeness (QED) is 0.393. The zero-order valence-electron chi connectivity index (χ0n) is 17.5. The minimum absolute atomic E-state index is 0.0364. The van der Waals surface area contributed by atoms with Gasteiger partial charge in [0.05, 0.1) is 11.4 Å². The highest BCUT2D eigenvalue weighted by Gasteiger charge is 2.31. The summed E-state index contributed by atoms with van der Waals surface area (Å²) in [6.45, 7) is 2.11. The van der Waals surface area contributed by atoms with Crippen LogP contribution in [0.25, 0.3) is 22.0 Å². The summed E-state index contributed by atoms with van der Waals surface area (Å²) in [5.41, 5.74) is 3.12. The summed E-state index contributed by atoms with van der Waals surface area (Å²) in [6, 6.07) is 26.8. The number of thioether (sulfide) groups is 1. The molecule has 1 saturated carbocycles. The number of benzene rings is 3. The number of fused-ring (bicyclic) bond motifs is 1. The molecule has 1 heterocycles. The van der Waals surface area contributed by atoms with Gasteiger partial charge in [0.1, 0.15) is 5.52 Å². The third kappa shape index (κ3) is 4.15. The van der Waals surface area contributed by atoms with Gasteiger partial charge < -0.3 is 0 Å². The van der Waals surface area contributed by atoms with Crippen LogP contribution in [0.1, 0.15) is 32.2 Å². The molecule has 156 valence electrons. The molecule has 3 aromatic carbocycles. The predicted octanol–water partition coefficient (Wildman–Crippen LogP) is 5.98. The van der Waals surface area contributed by atoms with Gasteiger partial charge in [0.2, 0.25) is 0 Å². The van der Waals surface area contributed by atoms with Crippen molar-refractivity contribution in [2.45, 2.75) is 42.4 Å². The first-order valence-corrected chi connectivity index (χ1v) is 11.7. The van der Waals surface area contributed by atoms with Crippen molar-refractivity contribution >= 4 is 22.7 Å². The molecule has 31 heavy (non-hydrogen) atoms. The van der Waals surface area contributed by atoms with Crippen LogP contribution in [0.15, 0.2) is 88.6 Å². The van der Waals surface area contributed by atoms with Crippen molar-refractivity contribution in [3.8, 4) is 11.1 Å². The van der Waals surface area contributed by atoms with Crippen molar-refractivity contribution in [3.05, 3.63) is 89.2 Å². The van der Waals surface area contributed by atoms with Gasteiger partial charge in [-0.25, -0.2) is 4.68 Å². The second kappa shape index (κ2) is 8.67. The van der Waals surface area contributed by atoms with Crippen molar-refractivity contribution in [3.63, 3.8) is 0 Å². The van der Waals surface area contributed by atoms with Crippen molar-refractivity contribution in [1.82, 2.24) is 15.0 Å². The minimum atomic E-state index is -0.0364. The van der Waals surface area contributed by atoms with Gasteiger partial charge in [0.15, 0.2) is 0 Å². The van der Waals surface area contributed by atoms with Gasteiger partial charge in [-0.1, -0.05) is 59.8 Å². The first kappa shape index (κ1) is 20.0. The molecule has 0 bridgehead atoms. The first-order valence-electron chi connectivity index (χ1n) is 10.9. The highest BCUT2D eigenvalue weighted by atomic mass is 32.2. The molecule has 5 heteroatoms. The molecule has 1 aliphatic carbocycles. The Balaban J connectivity index is 1.26. The highest BCUT2D eigenvalue weighted by molar-refractivity contribution is 8.00. The van der Waals surface area contributed by atoms with Gasteiger partial charge in [0.25, 0.3) is 5.56 Å². The molecule has 0 amide bonds. The van der Waals surface area contributed by atoms with Gasteiger partial charge in [-0.15, -0.1) is 16.9 Å². The van der Waals surface area contributed by atoms with Gasteiger partial charge >= 0.3 is 0 Å². The number of hydrogen-bond donors (Lipinski definition) is 0. The fourth-order valence-corrected chi connectivity index (χ4v) is 5.81. The third-order valence-electron chi connectivity index (χ3n) is 6.35. The minimum Gasteiger partial charge on any atom is -0.267 e. The maximum Gasteiger partial charge on any atom is 0.277 e. The highest BCUT2D eigenvalue weighted by Crippen LogP contribution is 2.42. The van der Waals surface area contributed by atoms with E-state index in [-0.39, 0.29) is 11.6 Å². The Kier molecular flexibility index (Phi) is 5.60. The van der Waals surface area contributed by atoms with Gasteiger partial charge in [-0.05, 0) is 67.5 Å². The summed E-state index contributed by atoms with van der Waals surface area (Å²) < 4.78 is 1.59. The topological polar surface area (TPSA) is 47.8 Å². The van der Waals surface area contributed by atoms with E-state index in [2.05, 4.69) is 65.8 Å². The number of aromatic nitrogens is 3. The maximum absolute atomic E-state index is 12.9. The van der Waals surface area contributed by atoms with Crippen LogP contribution in [-0.2, 0) is 0 Å². The Morgan fingerprint density at radius 2 is 1.61 bits per heavy atom. The Bertz CT molecular complexity index is 1240. The summed E-state index contributed by atoms with van der Waals surface area (Å²) in [5, 5.41) is 9.72. The summed E-state index contributed by atoms with van der Waals surface area (Å²) in [7, 11) is 0. The zero-order chi connectivity index (χ0) is 21.2. The number of rotatable bonds is 5. The fourth-order valence-electron chi connectivity index (χ4n) is 4.54. The Hall–Kier alpha value is -2.92. The van der Waals surface area contributed by atoms with Crippen LogP contribution < -0.4 is 5.56 Å². The maximum atomic E-state index is 12.9. The Morgan fingerprint density at radius 1 is 0.903 bits per heavy atom. The summed E-state index contributed by atoms with van der Waals surface area (Å²) in [4.78, 5) is 14.2. The average Bonchev–Trinajstić information content (AvgIpc) is 3.29. The molecule has 1 fully saturated rings. The molecule has 0 saturated heterocycles. The Labute approximate surface area is 186 Å². The van der Waals surface area contributed by atoms with Crippen LogP contribution in [0, 0.1) is 5.92 Å². The van der Waals surface area contributed by atoms with Crippen LogP contribution in [-0.4, -0.2) is 20.2 Å². The van der Waals surface area contributed by atoms with E-state index in [0.717, 1.165) is 19.3 Å². The largest absolute Gasteiger partial charge is 0.277 e. The van der Waals surface area contributed by atoms with E-state index < -0.39 is 0 Å². The summed E-state index contributed by atoms with van der Waals surface area (Å²) in [6.07, 6.45) is 3.37. The van der Waals surface area contributed by atoms with E-state index >= 15 is 0 Å². The van der Waals surface area contributed by atoms with Crippen LogP contribution in [0.2, 0.25) is 0 Å². The molecule has 0 aliphatic heterocycles. The molecule has 0 radical (unpaired) electrons. The molecule has 4 aromatic rings. The average molecular weight is 428 g/mol. The molecule has 1 aliphatic rings. The standard InChI is InChI=1S/C26H25N3OS/c1-18(29-26(30)24-9-5-6-10-25(24)27-28-29)21-13-16-23(17-21)31-22-14-11-20(12-15-22)19-7-3-2-4-8-19/h2-12,14-15,18,21,23H,13,16-17H2,1H3/t18?,21-,23+/m1/s1. The first-order chi connectivity index (χ1) is 15.2. The Morgan fingerprint density at radius 3 is 2.42 bits per heavy atom. The lowest BCUT2D eigenvalue weighted by Crippen LogP contribution is -2.30. The summed E-state index contributed by atoms with van der Waals surface area (Å²) >= 11 is 1.95. The van der Waals surface area contributed by atoms with E-state index in [0.29, 0.717) is 22.1 Å². The molecule has 3 atom stereocenters. The molecule has 0 N–H and O–H groups in total. The van der Waals surface area contributed by atoms with Gasteiger partial charge in [-0.2, -0.15) is 0 Å². The van der Waals surface area contributed by atoms with Gasteiger partial charge in [-0.3, -0.25) is 4.79 Å². The van der Waals surface area contributed by atoms with E-state index in [9.17, 15) is 4.79 Å². The van der Waals surface area contributed by atoms with Crippen LogP contribution in [0.5, 0.6) is 0 Å². The van der Waals surface area contributed by atoms with Crippen LogP contribution in [0.3, 0.4) is 0 Å². The lowest BCUT2D eigenvalue weighted by atomic mass is 10.00. The monoisotopic (exact) mass is 427 g/mol. The van der Waals surface area contributed by atoms with Gasteiger partial charge in [0, 0.05) is 10.1 Å². The number of nitrogens with zero attached hydrogens (tertiary/aromatic N) is 3. The molecule has 4 nitrogen and oxygen atoms in total. The molecule has 5 rings (SSSR count). The summed E-state index contributed by atoms with van der Waals surface area (Å²) in [5.74, 6) is 0.439. The second-order valence-corrected chi connectivity index (χ2v) is 9.67. The second-order valence-electron chi connectivity index (χ2n) is 8.30. The third-order valence-corrected chi connectivity index (χ3v) is 7.65. The zero-order valence-corrected chi connectivity index (χ0v) is 18.3. The van der Waals surface area contributed by atoms with Crippen molar-refractivity contribution in [1.29, 1.82) is 0 Å². The van der Waals surface area contributed by atoms with E-state index in [1.54, 1.807) is 4.68 Å². The van der Waals surface area contributed by atoms with Crippen molar-refractivity contribution in [2.24, 2.45) is 5.92 Å². The smallest absolute Gasteiger partial charge is 0.267 e. The normalized spacial score (nSPS) is 19.5.